The van der Waals surface area contributed by atoms with Crippen molar-refractivity contribution in [1.29, 1.82) is 0 Å². The molecule has 104 valence electrons. The summed E-state index contributed by atoms with van der Waals surface area (Å²) in [5.41, 5.74) is 8.32. The first-order chi connectivity index (χ1) is 9.49. The van der Waals surface area contributed by atoms with Gasteiger partial charge in [0.25, 0.3) is 0 Å². The zero-order valence-corrected chi connectivity index (χ0v) is 13.2. The van der Waals surface area contributed by atoms with Crippen LogP contribution in [0.15, 0.2) is 34.9 Å². The van der Waals surface area contributed by atoms with E-state index in [2.05, 4.69) is 26.2 Å². The topological polar surface area (TPSA) is 50.9 Å². The lowest BCUT2D eigenvalue weighted by Crippen LogP contribution is -2.12. The van der Waals surface area contributed by atoms with Gasteiger partial charge in [-0.2, -0.15) is 0 Å². The normalized spacial score (nSPS) is 10.3. The number of anilines is 1. The summed E-state index contributed by atoms with van der Waals surface area (Å²) in [4.78, 5) is 4.35. The number of nitrogens with zero attached hydrogens (tertiary/aromatic N) is 1. The van der Waals surface area contributed by atoms with Crippen LogP contribution < -0.4 is 11.1 Å². The van der Waals surface area contributed by atoms with E-state index in [-0.39, 0.29) is 9.46 Å². The van der Waals surface area contributed by atoms with Gasteiger partial charge in [-0.05, 0) is 46.6 Å². The lowest BCUT2D eigenvalue weighted by Gasteiger charge is -2.11. The second-order valence-electron chi connectivity index (χ2n) is 4.31. The number of thiocarbonyl (C=S) groups is 1. The Hall–Kier alpha value is -1.53. The average molecular weight is 354 g/mol. The third-order valence-electron chi connectivity index (χ3n) is 2.80. The minimum Gasteiger partial charge on any atom is -0.389 e. The number of hydrogen-bond acceptors (Lipinski definition) is 3. The number of nitrogens with one attached hydrogen (secondary N) is 1. The van der Waals surface area contributed by atoms with Crippen LogP contribution in [0.1, 0.15) is 16.8 Å². The SMILES string of the molecule is Cc1ccc(CNc2ccc(C(N)=S)c(Br)c2F)cn1. The van der Waals surface area contributed by atoms with Crippen molar-refractivity contribution in [3.8, 4) is 0 Å². The molecular weight excluding hydrogens is 341 g/mol. The van der Waals surface area contributed by atoms with Crippen molar-refractivity contribution in [3.63, 3.8) is 0 Å². The molecule has 0 atom stereocenters. The van der Waals surface area contributed by atoms with Gasteiger partial charge in [0.15, 0.2) is 5.82 Å². The van der Waals surface area contributed by atoms with Gasteiger partial charge in [0.2, 0.25) is 0 Å². The predicted molar refractivity (Wildman–Crippen MR) is 86.3 cm³/mol. The smallest absolute Gasteiger partial charge is 0.161 e. The fourth-order valence-corrected chi connectivity index (χ4v) is 2.54. The van der Waals surface area contributed by atoms with Crippen LogP contribution >= 0.6 is 28.1 Å². The van der Waals surface area contributed by atoms with E-state index in [9.17, 15) is 4.39 Å². The van der Waals surface area contributed by atoms with E-state index in [1.807, 2.05) is 19.1 Å². The molecule has 2 rings (SSSR count). The van der Waals surface area contributed by atoms with Crippen molar-refractivity contribution in [2.24, 2.45) is 5.73 Å². The van der Waals surface area contributed by atoms with Gasteiger partial charge in [-0.25, -0.2) is 4.39 Å². The molecule has 0 amide bonds. The molecule has 0 aliphatic carbocycles. The van der Waals surface area contributed by atoms with E-state index in [0.717, 1.165) is 11.3 Å². The molecule has 3 nitrogen and oxygen atoms in total. The first-order valence-corrected chi connectivity index (χ1v) is 7.12. The van der Waals surface area contributed by atoms with Crippen molar-refractivity contribution in [3.05, 3.63) is 57.6 Å². The maximum absolute atomic E-state index is 14.1. The van der Waals surface area contributed by atoms with Gasteiger partial charge < -0.3 is 11.1 Å². The van der Waals surface area contributed by atoms with Crippen LogP contribution in [-0.2, 0) is 6.54 Å². The summed E-state index contributed by atoms with van der Waals surface area (Å²) >= 11 is 8.03. The number of aryl methyl sites for hydroxylation is 1. The quantitative estimate of drug-likeness (QED) is 0.825. The molecule has 0 bridgehead atoms. The molecule has 1 aromatic carbocycles. The Morgan fingerprint density at radius 2 is 2.15 bits per heavy atom. The second-order valence-corrected chi connectivity index (χ2v) is 5.55. The number of rotatable bonds is 4. The molecule has 0 aliphatic rings. The standard InChI is InChI=1S/C14H13BrFN3S/c1-8-2-3-9(6-18-8)7-19-11-5-4-10(14(17)20)12(15)13(11)16/h2-6,19H,7H2,1H3,(H2,17,20). The Morgan fingerprint density at radius 3 is 2.75 bits per heavy atom. The molecule has 0 aliphatic heterocycles. The van der Waals surface area contributed by atoms with E-state index >= 15 is 0 Å². The summed E-state index contributed by atoms with van der Waals surface area (Å²) in [5.74, 6) is -0.407. The fraction of sp³-hybridized carbons (Fsp3) is 0.143. The Labute approximate surface area is 130 Å². The van der Waals surface area contributed by atoms with E-state index in [0.29, 0.717) is 17.8 Å². The summed E-state index contributed by atoms with van der Waals surface area (Å²) in [6, 6.07) is 7.17. The molecule has 0 saturated heterocycles. The lowest BCUT2D eigenvalue weighted by molar-refractivity contribution is 0.623. The van der Waals surface area contributed by atoms with Gasteiger partial charge in [-0.15, -0.1) is 0 Å². The minimum atomic E-state index is -0.407. The van der Waals surface area contributed by atoms with Crippen LogP contribution in [-0.4, -0.2) is 9.97 Å². The summed E-state index contributed by atoms with van der Waals surface area (Å²) in [6.07, 6.45) is 1.76. The molecule has 1 aromatic heterocycles. The van der Waals surface area contributed by atoms with Crippen LogP contribution in [0, 0.1) is 12.7 Å². The fourth-order valence-electron chi connectivity index (χ4n) is 1.68. The van der Waals surface area contributed by atoms with E-state index < -0.39 is 5.82 Å². The third-order valence-corrected chi connectivity index (χ3v) is 3.80. The van der Waals surface area contributed by atoms with Crippen LogP contribution in [0.4, 0.5) is 10.1 Å². The van der Waals surface area contributed by atoms with Crippen LogP contribution in [0.2, 0.25) is 0 Å². The Bertz CT molecular complexity index is 644. The molecule has 20 heavy (non-hydrogen) atoms. The number of benzene rings is 1. The minimum absolute atomic E-state index is 0.157. The molecule has 0 saturated carbocycles. The Morgan fingerprint density at radius 1 is 1.40 bits per heavy atom. The van der Waals surface area contributed by atoms with E-state index in [1.54, 1.807) is 18.3 Å². The molecular formula is C14H13BrFN3S. The highest BCUT2D eigenvalue weighted by atomic mass is 79.9. The first-order valence-electron chi connectivity index (χ1n) is 5.92. The van der Waals surface area contributed by atoms with Crippen LogP contribution in [0.3, 0.4) is 0 Å². The van der Waals surface area contributed by atoms with Crippen LogP contribution in [0.25, 0.3) is 0 Å². The first kappa shape index (κ1) is 14.9. The number of hydrogen-bond donors (Lipinski definition) is 2. The highest BCUT2D eigenvalue weighted by Gasteiger charge is 2.12. The molecule has 6 heteroatoms. The summed E-state index contributed by atoms with van der Waals surface area (Å²) in [6.45, 7) is 2.41. The van der Waals surface area contributed by atoms with Crippen molar-refractivity contribution >= 4 is 38.8 Å². The number of nitrogens with two attached hydrogens (primary N) is 1. The summed E-state index contributed by atoms with van der Waals surface area (Å²) in [7, 11) is 0. The predicted octanol–water partition coefficient (Wildman–Crippen LogP) is 3.54. The van der Waals surface area contributed by atoms with E-state index in [4.69, 9.17) is 18.0 Å². The monoisotopic (exact) mass is 353 g/mol. The molecule has 1 heterocycles. The number of halogens is 2. The summed E-state index contributed by atoms with van der Waals surface area (Å²) < 4.78 is 14.4. The summed E-state index contributed by atoms with van der Waals surface area (Å²) in [5, 5.41) is 3.03. The Balaban J connectivity index is 2.16. The van der Waals surface area contributed by atoms with Gasteiger partial charge in [0.05, 0.1) is 10.2 Å². The Kier molecular flexibility index (Phi) is 4.67. The molecule has 0 unspecified atom stereocenters. The van der Waals surface area contributed by atoms with Crippen molar-refractivity contribution in [1.82, 2.24) is 4.98 Å². The maximum Gasteiger partial charge on any atom is 0.161 e. The van der Waals surface area contributed by atoms with E-state index in [1.165, 1.54) is 0 Å². The van der Waals surface area contributed by atoms with Gasteiger partial charge >= 0.3 is 0 Å². The zero-order chi connectivity index (χ0) is 14.7. The number of aromatic nitrogens is 1. The largest absolute Gasteiger partial charge is 0.389 e. The highest BCUT2D eigenvalue weighted by molar-refractivity contribution is 9.10. The van der Waals surface area contributed by atoms with Gasteiger partial charge in [-0.1, -0.05) is 18.3 Å². The van der Waals surface area contributed by atoms with Gasteiger partial charge in [0, 0.05) is 24.0 Å². The second kappa shape index (κ2) is 6.28. The maximum atomic E-state index is 14.1. The average Bonchev–Trinajstić information content (AvgIpc) is 2.42. The van der Waals surface area contributed by atoms with Crippen molar-refractivity contribution in [2.45, 2.75) is 13.5 Å². The molecule has 0 spiro atoms. The molecule has 2 aromatic rings. The van der Waals surface area contributed by atoms with Crippen LogP contribution in [0.5, 0.6) is 0 Å². The molecule has 0 radical (unpaired) electrons. The molecule has 0 fully saturated rings. The lowest BCUT2D eigenvalue weighted by atomic mass is 10.2. The van der Waals surface area contributed by atoms with Crippen molar-refractivity contribution < 1.29 is 4.39 Å². The van der Waals surface area contributed by atoms with Gasteiger partial charge in [-0.3, -0.25) is 4.98 Å². The van der Waals surface area contributed by atoms with Gasteiger partial charge in [0.1, 0.15) is 4.99 Å². The third kappa shape index (κ3) is 3.32. The number of pyridine rings is 1. The zero-order valence-electron chi connectivity index (χ0n) is 10.8. The van der Waals surface area contributed by atoms with Crippen molar-refractivity contribution in [2.75, 3.05) is 5.32 Å². The highest BCUT2D eigenvalue weighted by Crippen LogP contribution is 2.27. The molecule has 3 N–H and O–H groups in total.